The number of ether oxygens (including phenoxy) is 1. The van der Waals surface area contributed by atoms with Gasteiger partial charge in [-0.15, -0.1) is 0 Å². The Bertz CT molecular complexity index is 658. The third-order valence-electron chi connectivity index (χ3n) is 6.46. The largest absolute Gasteiger partial charge is 0.396 e. The summed E-state index contributed by atoms with van der Waals surface area (Å²) < 4.78 is 5.68. The van der Waals surface area contributed by atoms with Crippen molar-refractivity contribution in [1.29, 1.82) is 0 Å². The Labute approximate surface area is 179 Å². The number of carbonyl (C=O) groups is 1. The van der Waals surface area contributed by atoms with Crippen LogP contribution >= 0.6 is 11.6 Å². The van der Waals surface area contributed by atoms with E-state index in [0.29, 0.717) is 29.2 Å². The molecule has 162 valence electrons. The summed E-state index contributed by atoms with van der Waals surface area (Å²) in [4.78, 5) is 12.8. The molecule has 0 radical (unpaired) electrons. The van der Waals surface area contributed by atoms with Crippen LogP contribution in [-0.2, 0) is 11.3 Å². The molecule has 1 amide bonds. The van der Waals surface area contributed by atoms with Crippen molar-refractivity contribution in [3.63, 3.8) is 0 Å². The van der Waals surface area contributed by atoms with E-state index in [9.17, 15) is 4.79 Å². The van der Waals surface area contributed by atoms with E-state index in [-0.39, 0.29) is 12.5 Å². The average Bonchev–Trinajstić information content (AvgIpc) is 2.72. The third kappa shape index (κ3) is 6.68. The lowest BCUT2D eigenvalue weighted by Gasteiger charge is -2.45. The number of benzene rings is 1. The molecular weight excluding hydrogens is 388 g/mol. The molecule has 0 saturated heterocycles. The van der Waals surface area contributed by atoms with Crippen LogP contribution in [0.5, 0.6) is 0 Å². The lowest BCUT2D eigenvalue weighted by molar-refractivity contribution is 0.0681. The molecule has 0 aromatic heterocycles. The maximum atomic E-state index is 12.8. The van der Waals surface area contributed by atoms with Gasteiger partial charge in [0.2, 0.25) is 0 Å². The van der Waals surface area contributed by atoms with Crippen LogP contribution in [0.4, 0.5) is 0 Å². The summed E-state index contributed by atoms with van der Waals surface area (Å²) in [5, 5.41) is 15.6. The zero-order valence-corrected chi connectivity index (χ0v) is 18.1. The second-order valence-electron chi connectivity index (χ2n) is 8.73. The fourth-order valence-corrected chi connectivity index (χ4v) is 5.14. The molecule has 2 saturated carbocycles. The normalized spacial score (nSPS) is 23.7. The van der Waals surface area contributed by atoms with Crippen molar-refractivity contribution < 1.29 is 14.6 Å². The number of fused-ring (bicyclic) bond motifs is 2. The maximum Gasteiger partial charge on any atom is 0.252 e. The number of halogens is 1. The van der Waals surface area contributed by atoms with Gasteiger partial charge in [-0.2, -0.15) is 0 Å². The molecule has 1 aromatic rings. The Morgan fingerprint density at radius 3 is 2.79 bits per heavy atom. The number of rotatable bonds is 11. The van der Waals surface area contributed by atoms with E-state index < -0.39 is 0 Å². The van der Waals surface area contributed by atoms with Crippen LogP contribution in [0.25, 0.3) is 0 Å². The average molecular weight is 423 g/mol. The smallest absolute Gasteiger partial charge is 0.252 e. The number of carbonyl (C=O) groups excluding carboxylic acids is 1. The van der Waals surface area contributed by atoms with Crippen molar-refractivity contribution in [3.8, 4) is 0 Å². The molecule has 2 fully saturated rings. The van der Waals surface area contributed by atoms with Crippen LogP contribution in [0, 0.1) is 11.3 Å². The molecule has 0 unspecified atom stereocenters. The van der Waals surface area contributed by atoms with Gasteiger partial charge < -0.3 is 20.5 Å². The fourth-order valence-electron chi connectivity index (χ4n) is 4.93. The summed E-state index contributed by atoms with van der Waals surface area (Å²) in [6.45, 7) is 3.52. The zero-order valence-electron chi connectivity index (χ0n) is 17.4. The topological polar surface area (TPSA) is 70.6 Å². The van der Waals surface area contributed by atoms with Gasteiger partial charge in [0.1, 0.15) is 0 Å². The molecule has 2 aliphatic rings. The second kappa shape index (κ2) is 11.3. The van der Waals surface area contributed by atoms with E-state index in [1.54, 1.807) is 6.07 Å². The summed E-state index contributed by atoms with van der Waals surface area (Å²) >= 11 is 6.32. The van der Waals surface area contributed by atoms with Crippen LogP contribution in [0.15, 0.2) is 18.2 Å². The molecule has 0 atom stereocenters. The predicted octanol–water partition coefficient (Wildman–Crippen LogP) is 3.92. The van der Waals surface area contributed by atoms with E-state index in [2.05, 4.69) is 10.6 Å². The van der Waals surface area contributed by atoms with Gasteiger partial charge in [0.15, 0.2) is 0 Å². The highest BCUT2D eigenvalue weighted by Gasteiger charge is 2.39. The Balaban J connectivity index is 1.48. The van der Waals surface area contributed by atoms with Crippen molar-refractivity contribution in [1.82, 2.24) is 10.6 Å². The van der Waals surface area contributed by atoms with Crippen LogP contribution < -0.4 is 10.6 Å². The summed E-state index contributed by atoms with van der Waals surface area (Å²) in [6, 6.07) is 5.53. The van der Waals surface area contributed by atoms with E-state index in [1.165, 1.54) is 44.9 Å². The van der Waals surface area contributed by atoms with Crippen molar-refractivity contribution in [3.05, 3.63) is 34.3 Å². The van der Waals surface area contributed by atoms with Gasteiger partial charge in [0.05, 0.1) is 23.8 Å². The first-order valence-electron chi connectivity index (χ1n) is 11.1. The van der Waals surface area contributed by atoms with Gasteiger partial charge in [0.25, 0.3) is 5.91 Å². The number of aliphatic hydroxyl groups excluding tert-OH is 1. The molecule has 0 heterocycles. The van der Waals surface area contributed by atoms with E-state index in [1.807, 2.05) is 12.1 Å². The molecule has 29 heavy (non-hydrogen) atoms. The molecule has 0 spiro atoms. The minimum Gasteiger partial charge on any atom is -0.396 e. The van der Waals surface area contributed by atoms with Gasteiger partial charge in [-0.1, -0.05) is 43.4 Å². The molecule has 3 rings (SSSR count). The van der Waals surface area contributed by atoms with Gasteiger partial charge in [0, 0.05) is 19.7 Å². The number of hydrogen-bond donors (Lipinski definition) is 3. The van der Waals surface area contributed by atoms with E-state index in [4.69, 9.17) is 21.4 Å². The number of aliphatic hydroxyl groups is 1. The standard InChI is InChI=1S/C23H35ClN2O3/c24-21-7-6-19(16-29-13-11-25-10-3-12-27)14-20(21)22(28)26-17-23-8-1-4-18(15-23)5-2-9-23/h6-7,14,18,25,27H,1-5,8-13,15-17H2,(H,26,28). The SMILES string of the molecule is O=C(NCC12CCCC(CCC1)C2)c1cc(COCCNCCCO)ccc1Cl. The molecule has 1 aromatic carbocycles. The highest BCUT2D eigenvalue weighted by atomic mass is 35.5. The van der Waals surface area contributed by atoms with Crippen molar-refractivity contribution in [2.75, 3.05) is 32.8 Å². The summed E-state index contributed by atoms with van der Waals surface area (Å²) in [5.41, 5.74) is 1.78. The first-order chi connectivity index (χ1) is 14.1. The van der Waals surface area contributed by atoms with E-state index >= 15 is 0 Å². The number of amides is 1. The number of hydrogen-bond acceptors (Lipinski definition) is 4. The summed E-state index contributed by atoms with van der Waals surface area (Å²) in [5.74, 6) is 0.779. The molecule has 2 aliphatic carbocycles. The predicted molar refractivity (Wildman–Crippen MR) is 116 cm³/mol. The lowest BCUT2D eigenvalue weighted by Crippen LogP contribution is -2.43. The monoisotopic (exact) mass is 422 g/mol. The Kier molecular flexibility index (Phi) is 8.79. The van der Waals surface area contributed by atoms with Crippen LogP contribution in [0.2, 0.25) is 5.02 Å². The molecular formula is C23H35ClN2O3. The summed E-state index contributed by atoms with van der Waals surface area (Å²) in [7, 11) is 0. The highest BCUT2D eigenvalue weighted by molar-refractivity contribution is 6.33. The Morgan fingerprint density at radius 2 is 2.03 bits per heavy atom. The maximum absolute atomic E-state index is 12.8. The highest BCUT2D eigenvalue weighted by Crippen LogP contribution is 2.48. The van der Waals surface area contributed by atoms with Crippen LogP contribution in [-0.4, -0.2) is 43.9 Å². The minimum atomic E-state index is -0.0791. The Hall–Kier alpha value is -1.14. The van der Waals surface area contributed by atoms with Crippen LogP contribution in [0.3, 0.4) is 0 Å². The van der Waals surface area contributed by atoms with Gasteiger partial charge >= 0.3 is 0 Å². The van der Waals surface area contributed by atoms with Gasteiger partial charge in [-0.3, -0.25) is 4.79 Å². The second-order valence-corrected chi connectivity index (χ2v) is 9.14. The van der Waals surface area contributed by atoms with Gasteiger partial charge in [-0.05, 0) is 61.3 Å². The third-order valence-corrected chi connectivity index (χ3v) is 6.79. The van der Waals surface area contributed by atoms with E-state index in [0.717, 1.165) is 37.5 Å². The molecule has 0 aliphatic heterocycles. The summed E-state index contributed by atoms with van der Waals surface area (Å²) in [6.07, 6.45) is 9.79. The zero-order chi connectivity index (χ0) is 20.5. The molecule has 3 N–H and O–H groups in total. The molecule has 2 bridgehead atoms. The minimum absolute atomic E-state index is 0.0791. The molecule has 5 nitrogen and oxygen atoms in total. The van der Waals surface area contributed by atoms with Gasteiger partial charge in [-0.25, -0.2) is 0 Å². The number of nitrogens with one attached hydrogen (secondary N) is 2. The lowest BCUT2D eigenvalue weighted by atomic mass is 9.62. The van der Waals surface area contributed by atoms with Crippen LogP contribution in [0.1, 0.15) is 67.3 Å². The molecule has 6 heteroatoms. The first kappa shape index (κ1) is 22.5. The Morgan fingerprint density at radius 1 is 1.24 bits per heavy atom. The van der Waals surface area contributed by atoms with Crippen molar-refractivity contribution in [2.45, 2.75) is 58.0 Å². The fraction of sp³-hybridized carbons (Fsp3) is 0.696. The van der Waals surface area contributed by atoms with Crippen molar-refractivity contribution >= 4 is 17.5 Å². The first-order valence-corrected chi connectivity index (χ1v) is 11.5. The van der Waals surface area contributed by atoms with Crippen molar-refractivity contribution in [2.24, 2.45) is 11.3 Å². The quantitative estimate of drug-likeness (QED) is 0.473.